The van der Waals surface area contributed by atoms with Gasteiger partial charge in [-0.05, 0) is 30.7 Å². The predicted octanol–water partition coefficient (Wildman–Crippen LogP) is 4.11. The van der Waals surface area contributed by atoms with Crippen molar-refractivity contribution in [1.29, 1.82) is 5.26 Å². The smallest absolute Gasteiger partial charge is 0.203 e. The predicted molar refractivity (Wildman–Crippen MR) is 96.3 cm³/mol. The van der Waals surface area contributed by atoms with Crippen LogP contribution < -0.4 is 14.2 Å². The van der Waals surface area contributed by atoms with E-state index in [9.17, 15) is 5.26 Å². The second-order valence-corrected chi connectivity index (χ2v) is 5.47. The second kappa shape index (κ2) is 6.70. The fourth-order valence-electron chi connectivity index (χ4n) is 3.00. The minimum atomic E-state index is 0.471. The van der Waals surface area contributed by atoms with Crippen molar-refractivity contribution >= 4 is 10.9 Å². The van der Waals surface area contributed by atoms with Crippen molar-refractivity contribution in [2.45, 2.75) is 6.92 Å². The van der Waals surface area contributed by atoms with Gasteiger partial charge < -0.3 is 14.2 Å². The molecule has 0 atom stereocenters. The fourth-order valence-corrected chi connectivity index (χ4v) is 3.00. The lowest BCUT2D eigenvalue weighted by Crippen LogP contribution is -2.00. The number of hydrogen-bond donors (Lipinski definition) is 0. The Morgan fingerprint density at radius 1 is 0.920 bits per heavy atom. The third-order valence-corrected chi connectivity index (χ3v) is 4.22. The lowest BCUT2D eigenvalue weighted by atomic mass is 9.97. The summed E-state index contributed by atoms with van der Waals surface area (Å²) in [6.45, 7) is 1.93. The van der Waals surface area contributed by atoms with Gasteiger partial charge in [0.25, 0.3) is 0 Å². The Kier molecular flexibility index (Phi) is 4.44. The molecule has 0 N–H and O–H groups in total. The third-order valence-electron chi connectivity index (χ3n) is 4.22. The molecule has 0 spiro atoms. The first-order chi connectivity index (χ1) is 12.2. The van der Waals surface area contributed by atoms with E-state index in [-0.39, 0.29) is 0 Å². The van der Waals surface area contributed by atoms with Crippen LogP contribution in [-0.2, 0) is 0 Å². The molecule has 5 nitrogen and oxygen atoms in total. The number of hydrogen-bond acceptors (Lipinski definition) is 5. The summed E-state index contributed by atoms with van der Waals surface area (Å²) >= 11 is 0. The summed E-state index contributed by atoms with van der Waals surface area (Å²) < 4.78 is 16.3. The van der Waals surface area contributed by atoms with Gasteiger partial charge in [0.05, 0.1) is 38.1 Å². The first kappa shape index (κ1) is 16.6. The molecule has 0 unspecified atom stereocenters. The second-order valence-electron chi connectivity index (χ2n) is 5.47. The van der Waals surface area contributed by atoms with Crippen LogP contribution in [0.4, 0.5) is 0 Å². The van der Waals surface area contributed by atoms with Gasteiger partial charge in [-0.1, -0.05) is 18.2 Å². The van der Waals surface area contributed by atoms with Crippen LogP contribution in [-0.4, -0.2) is 26.3 Å². The van der Waals surface area contributed by atoms with Crippen molar-refractivity contribution in [3.05, 3.63) is 47.5 Å². The summed E-state index contributed by atoms with van der Waals surface area (Å²) in [4.78, 5) is 4.72. The van der Waals surface area contributed by atoms with Gasteiger partial charge in [-0.2, -0.15) is 5.26 Å². The van der Waals surface area contributed by atoms with E-state index in [1.165, 1.54) is 0 Å². The van der Waals surface area contributed by atoms with E-state index >= 15 is 0 Å². The Balaban J connectivity index is 2.39. The van der Waals surface area contributed by atoms with Crippen molar-refractivity contribution < 1.29 is 14.2 Å². The maximum Gasteiger partial charge on any atom is 0.203 e. The number of aryl methyl sites for hydroxylation is 1. The Bertz CT molecular complexity index is 990. The highest BCUT2D eigenvalue weighted by molar-refractivity contribution is 5.90. The molecule has 0 fully saturated rings. The number of pyridine rings is 1. The number of para-hydroxylation sites is 1. The van der Waals surface area contributed by atoms with Crippen LogP contribution in [0.1, 0.15) is 11.1 Å². The molecule has 126 valence electrons. The molecule has 5 heteroatoms. The van der Waals surface area contributed by atoms with Gasteiger partial charge in [-0.3, -0.25) is 0 Å². The number of nitriles is 1. The van der Waals surface area contributed by atoms with Crippen molar-refractivity contribution in [3.8, 4) is 34.6 Å². The van der Waals surface area contributed by atoms with Gasteiger partial charge in [-0.25, -0.2) is 4.98 Å². The lowest BCUT2D eigenvalue weighted by Gasteiger charge is -2.17. The van der Waals surface area contributed by atoms with Crippen LogP contribution in [0.25, 0.3) is 22.2 Å². The highest BCUT2D eigenvalue weighted by atomic mass is 16.5. The molecule has 0 saturated carbocycles. The van der Waals surface area contributed by atoms with E-state index < -0.39 is 0 Å². The van der Waals surface area contributed by atoms with Crippen LogP contribution >= 0.6 is 0 Å². The molecule has 0 aliphatic rings. The molecule has 0 aliphatic carbocycles. The van der Waals surface area contributed by atoms with E-state index in [0.29, 0.717) is 34.1 Å². The summed E-state index contributed by atoms with van der Waals surface area (Å²) in [6.07, 6.45) is 0. The van der Waals surface area contributed by atoms with Gasteiger partial charge in [0.15, 0.2) is 11.5 Å². The van der Waals surface area contributed by atoms with Crippen LogP contribution in [0.2, 0.25) is 0 Å². The molecule has 0 bridgehead atoms. The molecule has 25 heavy (non-hydrogen) atoms. The highest BCUT2D eigenvalue weighted by Gasteiger charge is 2.22. The SMILES string of the molecule is COc1ccc(-c2nc3ccccc3c(C)c2C#N)c(OC)c1OC. The molecule has 0 amide bonds. The average molecular weight is 334 g/mol. The number of fused-ring (bicyclic) bond motifs is 1. The Labute approximate surface area is 146 Å². The van der Waals surface area contributed by atoms with Gasteiger partial charge in [-0.15, -0.1) is 0 Å². The number of ether oxygens (including phenoxy) is 3. The summed E-state index contributed by atoms with van der Waals surface area (Å²) in [6, 6.07) is 13.7. The van der Waals surface area contributed by atoms with Gasteiger partial charge in [0.1, 0.15) is 6.07 Å². The molecular formula is C20H18N2O3. The quantitative estimate of drug-likeness (QED) is 0.718. The van der Waals surface area contributed by atoms with Crippen LogP contribution in [0.15, 0.2) is 36.4 Å². The molecule has 3 rings (SSSR count). The standard InChI is InChI=1S/C20H18N2O3/c1-12-13-7-5-6-8-16(13)22-18(15(12)11-21)14-9-10-17(23-2)20(25-4)19(14)24-3/h5-10H,1-4H3. The largest absolute Gasteiger partial charge is 0.493 e. The molecule has 3 aromatic rings. The van der Waals surface area contributed by atoms with Crippen LogP contribution in [0.5, 0.6) is 17.2 Å². The number of rotatable bonds is 4. The van der Waals surface area contributed by atoms with Gasteiger partial charge in [0, 0.05) is 10.9 Å². The fraction of sp³-hybridized carbons (Fsp3) is 0.200. The number of benzene rings is 2. The zero-order chi connectivity index (χ0) is 18.0. The van der Waals surface area contributed by atoms with Crippen molar-refractivity contribution in [2.24, 2.45) is 0 Å². The maximum absolute atomic E-state index is 9.72. The molecule has 1 heterocycles. The highest BCUT2D eigenvalue weighted by Crippen LogP contribution is 2.45. The van der Waals surface area contributed by atoms with E-state index in [1.807, 2.05) is 37.3 Å². The van der Waals surface area contributed by atoms with E-state index in [1.54, 1.807) is 27.4 Å². The molecule has 0 saturated heterocycles. The van der Waals surface area contributed by atoms with Crippen LogP contribution in [0.3, 0.4) is 0 Å². The van der Waals surface area contributed by atoms with Gasteiger partial charge in [0.2, 0.25) is 5.75 Å². The number of aromatic nitrogens is 1. The van der Waals surface area contributed by atoms with E-state index in [2.05, 4.69) is 6.07 Å². The summed E-state index contributed by atoms with van der Waals surface area (Å²) in [5, 5.41) is 10.7. The Hall–Kier alpha value is -3.26. The normalized spacial score (nSPS) is 10.4. The Morgan fingerprint density at radius 2 is 1.64 bits per heavy atom. The summed E-state index contributed by atoms with van der Waals surface area (Å²) in [7, 11) is 4.67. The zero-order valence-electron chi connectivity index (χ0n) is 14.6. The average Bonchev–Trinajstić information content (AvgIpc) is 2.66. The van der Waals surface area contributed by atoms with E-state index in [0.717, 1.165) is 16.5 Å². The van der Waals surface area contributed by atoms with Gasteiger partial charge >= 0.3 is 0 Å². The summed E-state index contributed by atoms with van der Waals surface area (Å²) in [5.41, 5.74) is 3.48. The third kappa shape index (κ3) is 2.62. The van der Waals surface area contributed by atoms with Crippen molar-refractivity contribution in [1.82, 2.24) is 4.98 Å². The molecule has 0 aliphatic heterocycles. The minimum Gasteiger partial charge on any atom is -0.493 e. The van der Waals surface area contributed by atoms with Crippen molar-refractivity contribution in [2.75, 3.05) is 21.3 Å². The number of methoxy groups -OCH3 is 3. The summed E-state index contributed by atoms with van der Waals surface area (Å²) in [5.74, 6) is 1.51. The minimum absolute atomic E-state index is 0.471. The Morgan fingerprint density at radius 3 is 2.28 bits per heavy atom. The zero-order valence-corrected chi connectivity index (χ0v) is 14.6. The topological polar surface area (TPSA) is 64.4 Å². The maximum atomic E-state index is 9.72. The first-order valence-electron chi connectivity index (χ1n) is 7.75. The number of nitrogens with zero attached hydrogens (tertiary/aromatic N) is 2. The van der Waals surface area contributed by atoms with Crippen LogP contribution in [0, 0.1) is 18.3 Å². The molecule has 2 aromatic carbocycles. The van der Waals surface area contributed by atoms with E-state index in [4.69, 9.17) is 19.2 Å². The van der Waals surface area contributed by atoms with Crippen molar-refractivity contribution in [3.63, 3.8) is 0 Å². The molecular weight excluding hydrogens is 316 g/mol. The monoisotopic (exact) mass is 334 g/mol. The first-order valence-corrected chi connectivity index (χ1v) is 7.75. The molecule has 1 aromatic heterocycles. The lowest BCUT2D eigenvalue weighted by molar-refractivity contribution is 0.325. The molecule has 0 radical (unpaired) electrons.